The summed E-state index contributed by atoms with van der Waals surface area (Å²) in [6, 6.07) is 0.345. The van der Waals surface area contributed by atoms with Crippen molar-refractivity contribution < 1.29 is 4.74 Å². The van der Waals surface area contributed by atoms with Gasteiger partial charge in [0.15, 0.2) is 0 Å². The molecule has 0 saturated carbocycles. The van der Waals surface area contributed by atoms with Crippen LogP contribution in [0.4, 0.5) is 0 Å². The van der Waals surface area contributed by atoms with Gasteiger partial charge < -0.3 is 4.74 Å². The first-order chi connectivity index (χ1) is 5.95. The van der Waals surface area contributed by atoms with Crippen LogP contribution in [0.2, 0.25) is 0 Å². The van der Waals surface area contributed by atoms with Crippen LogP contribution in [0.3, 0.4) is 0 Å². The van der Waals surface area contributed by atoms with E-state index in [4.69, 9.17) is 10.6 Å². The van der Waals surface area contributed by atoms with Crippen molar-refractivity contribution in [2.45, 2.75) is 46.3 Å². The van der Waals surface area contributed by atoms with Gasteiger partial charge in [0.05, 0.1) is 12.7 Å². The van der Waals surface area contributed by atoms with Gasteiger partial charge >= 0.3 is 0 Å². The topological polar surface area (TPSA) is 47.3 Å². The molecule has 13 heavy (non-hydrogen) atoms. The average molecular weight is 186 g/mol. The van der Waals surface area contributed by atoms with Gasteiger partial charge in [-0.1, -0.05) is 20.8 Å². The molecule has 3 heteroatoms. The molecule has 1 aliphatic rings. The van der Waals surface area contributed by atoms with Crippen LogP contribution in [-0.2, 0) is 4.74 Å². The van der Waals surface area contributed by atoms with Crippen LogP contribution in [0.5, 0.6) is 0 Å². The zero-order chi connectivity index (χ0) is 10.1. The highest BCUT2D eigenvalue weighted by Crippen LogP contribution is 2.31. The highest BCUT2D eigenvalue weighted by Gasteiger charge is 2.35. The molecular weight excluding hydrogens is 164 g/mol. The van der Waals surface area contributed by atoms with Crippen LogP contribution >= 0.6 is 0 Å². The zero-order valence-electron chi connectivity index (χ0n) is 9.13. The Morgan fingerprint density at radius 1 is 1.46 bits per heavy atom. The number of ether oxygens (including phenoxy) is 1. The van der Waals surface area contributed by atoms with Crippen LogP contribution < -0.4 is 11.3 Å². The minimum Gasteiger partial charge on any atom is -0.378 e. The largest absolute Gasteiger partial charge is 0.378 e. The summed E-state index contributed by atoms with van der Waals surface area (Å²) in [6.45, 7) is 9.59. The molecule has 0 aromatic rings. The first-order valence-corrected chi connectivity index (χ1v) is 5.03. The van der Waals surface area contributed by atoms with Gasteiger partial charge in [-0.05, 0) is 18.8 Å². The van der Waals surface area contributed by atoms with Crippen molar-refractivity contribution in [1.29, 1.82) is 0 Å². The molecule has 1 aliphatic heterocycles. The predicted molar refractivity (Wildman–Crippen MR) is 54.1 cm³/mol. The van der Waals surface area contributed by atoms with E-state index in [1.807, 2.05) is 0 Å². The molecule has 78 valence electrons. The molecular formula is C10H22N2O. The van der Waals surface area contributed by atoms with Gasteiger partial charge in [-0.25, -0.2) is 0 Å². The quantitative estimate of drug-likeness (QED) is 0.504. The Morgan fingerprint density at radius 2 is 2.08 bits per heavy atom. The van der Waals surface area contributed by atoms with Gasteiger partial charge in [-0.2, -0.15) is 0 Å². The number of nitrogens with one attached hydrogen (secondary N) is 1. The molecule has 3 nitrogen and oxygen atoms in total. The monoisotopic (exact) mass is 186 g/mol. The van der Waals surface area contributed by atoms with Gasteiger partial charge in [0, 0.05) is 12.0 Å². The Hall–Kier alpha value is -0.120. The van der Waals surface area contributed by atoms with Crippen molar-refractivity contribution in [3.8, 4) is 0 Å². The van der Waals surface area contributed by atoms with Crippen molar-refractivity contribution in [3.05, 3.63) is 0 Å². The van der Waals surface area contributed by atoms with Crippen molar-refractivity contribution in [3.63, 3.8) is 0 Å². The number of nitrogens with two attached hydrogens (primary N) is 1. The number of hydrazine groups is 1. The van der Waals surface area contributed by atoms with E-state index >= 15 is 0 Å². The van der Waals surface area contributed by atoms with Crippen molar-refractivity contribution >= 4 is 0 Å². The highest BCUT2D eigenvalue weighted by molar-refractivity contribution is 4.88. The van der Waals surface area contributed by atoms with Gasteiger partial charge in [-0.15, -0.1) is 0 Å². The van der Waals surface area contributed by atoms with E-state index in [9.17, 15) is 0 Å². The zero-order valence-corrected chi connectivity index (χ0v) is 9.13. The summed E-state index contributed by atoms with van der Waals surface area (Å²) in [5.41, 5.74) is 3.13. The first-order valence-electron chi connectivity index (χ1n) is 5.03. The third kappa shape index (κ3) is 2.66. The standard InChI is InChI=1S/C10H22N2O/c1-7-5-8(6-13-7)9(12-11)10(2,3)4/h7-9,12H,5-6,11H2,1-4H3. The van der Waals surface area contributed by atoms with E-state index in [1.54, 1.807) is 0 Å². The van der Waals surface area contributed by atoms with E-state index in [2.05, 4.69) is 33.1 Å². The summed E-state index contributed by atoms with van der Waals surface area (Å²) >= 11 is 0. The minimum atomic E-state index is 0.201. The molecule has 3 atom stereocenters. The van der Waals surface area contributed by atoms with Crippen LogP contribution in [0.15, 0.2) is 0 Å². The van der Waals surface area contributed by atoms with E-state index < -0.39 is 0 Å². The molecule has 1 saturated heterocycles. The third-order valence-corrected chi connectivity index (χ3v) is 2.81. The highest BCUT2D eigenvalue weighted by atomic mass is 16.5. The second-order valence-corrected chi connectivity index (χ2v) is 5.15. The van der Waals surface area contributed by atoms with Crippen LogP contribution in [0.25, 0.3) is 0 Å². The van der Waals surface area contributed by atoms with Gasteiger partial charge in [0.1, 0.15) is 0 Å². The molecule has 3 N–H and O–H groups in total. The molecule has 0 spiro atoms. The Labute approximate surface area is 81.0 Å². The van der Waals surface area contributed by atoms with Gasteiger partial charge in [0.2, 0.25) is 0 Å². The second kappa shape index (κ2) is 3.95. The summed E-state index contributed by atoms with van der Waals surface area (Å²) in [7, 11) is 0. The molecule has 0 aliphatic carbocycles. The van der Waals surface area contributed by atoms with Crippen LogP contribution in [-0.4, -0.2) is 18.8 Å². The molecule has 1 rings (SSSR count). The summed E-state index contributed by atoms with van der Waals surface area (Å²) in [5.74, 6) is 6.13. The maximum atomic E-state index is 5.58. The summed E-state index contributed by atoms with van der Waals surface area (Å²) in [4.78, 5) is 0. The maximum absolute atomic E-state index is 5.58. The molecule has 0 amide bonds. The first kappa shape index (κ1) is 11.0. The average Bonchev–Trinajstić information content (AvgIpc) is 2.34. The van der Waals surface area contributed by atoms with Gasteiger partial charge in [-0.3, -0.25) is 11.3 Å². The van der Waals surface area contributed by atoms with E-state index in [-0.39, 0.29) is 5.41 Å². The van der Waals surface area contributed by atoms with E-state index in [0.717, 1.165) is 13.0 Å². The molecule has 0 radical (unpaired) electrons. The van der Waals surface area contributed by atoms with E-state index in [1.165, 1.54) is 0 Å². The second-order valence-electron chi connectivity index (χ2n) is 5.15. The molecule has 1 fully saturated rings. The lowest BCUT2D eigenvalue weighted by Gasteiger charge is -2.34. The Bertz CT molecular complexity index is 165. The fourth-order valence-corrected chi connectivity index (χ4v) is 2.18. The Kier molecular flexibility index (Phi) is 3.33. The fraction of sp³-hybridized carbons (Fsp3) is 1.00. The fourth-order valence-electron chi connectivity index (χ4n) is 2.18. The molecule has 0 bridgehead atoms. The lowest BCUT2D eigenvalue weighted by Crippen LogP contribution is -2.49. The number of hydrogen-bond acceptors (Lipinski definition) is 3. The molecule has 1 heterocycles. The molecule has 0 aromatic carbocycles. The number of hydrogen-bond donors (Lipinski definition) is 2. The normalized spacial score (nSPS) is 32.1. The lowest BCUT2D eigenvalue weighted by atomic mass is 9.78. The third-order valence-electron chi connectivity index (χ3n) is 2.81. The summed E-state index contributed by atoms with van der Waals surface area (Å²) < 4.78 is 5.55. The Morgan fingerprint density at radius 3 is 2.38 bits per heavy atom. The van der Waals surface area contributed by atoms with E-state index in [0.29, 0.717) is 18.1 Å². The SMILES string of the molecule is CC1CC(C(NN)C(C)(C)C)CO1. The summed E-state index contributed by atoms with van der Waals surface area (Å²) in [5, 5.41) is 0. The van der Waals surface area contributed by atoms with Crippen LogP contribution in [0.1, 0.15) is 34.1 Å². The Balaban J connectivity index is 2.57. The lowest BCUT2D eigenvalue weighted by molar-refractivity contribution is 0.107. The maximum Gasteiger partial charge on any atom is 0.0551 e. The predicted octanol–water partition coefficient (Wildman–Crippen LogP) is 1.29. The minimum absolute atomic E-state index is 0.201. The van der Waals surface area contributed by atoms with Crippen molar-refractivity contribution in [2.24, 2.45) is 17.2 Å². The smallest absolute Gasteiger partial charge is 0.0551 e. The molecule has 0 aromatic heterocycles. The van der Waals surface area contributed by atoms with Crippen molar-refractivity contribution in [1.82, 2.24) is 5.43 Å². The number of rotatable bonds is 2. The van der Waals surface area contributed by atoms with Gasteiger partial charge in [0.25, 0.3) is 0 Å². The van der Waals surface area contributed by atoms with Crippen molar-refractivity contribution in [2.75, 3.05) is 6.61 Å². The van der Waals surface area contributed by atoms with Crippen LogP contribution in [0, 0.1) is 11.3 Å². The summed E-state index contributed by atoms with van der Waals surface area (Å²) in [6.07, 6.45) is 1.51. The molecule has 3 unspecified atom stereocenters.